The molecule has 116 valence electrons. The molecule has 3 rings (SSSR count). The number of aryl methyl sites for hydroxylation is 1. The second kappa shape index (κ2) is 6.03. The largest absolute Gasteiger partial charge is 0.396 e. The van der Waals surface area contributed by atoms with E-state index in [1.165, 1.54) is 12.8 Å². The molecule has 0 aromatic carbocycles. The molecular formula is C14H23N5O2. The summed E-state index contributed by atoms with van der Waals surface area (Å²) in [5.74, 6) is -0.230. The van der Waals surface area contributed by atoms with E-state index >= 15 is 0 Å². The molecule has 1 aromatic heterocycles. The van der Waals surface area contributed by atoms with Crippen molar-refractivity contribution < 1.29 is 9.53 Å². The molecule has 3 heterocycles. The minimum absolute atomic E-state index is 0.0535. The normalized spacial score (nSPS) is 25.8. The molecule has 3 N–H and O–H groups in total. The Balaban J connectivity index is 1.52. The molecule has 7 nitrogen and oxygen atoms in total. The number of hydrogen-bond donors (Lipinski definition) is 2. The average molecular weight is 293 g/mol. The average Bonchev–Trinajstić information content (AvgIpc) is 3.10. The number of ether oxygens (including phenoxy) is 1. The standard InChI is InChI=1S/C14H23N5O2/c1-2-19-8-12(15)13(17-19)14(20)16-6-11-7-18-5-3-4-10(18)9-21-11/h8,10-11H,2-7,9,15H2,1H3,(H,16,20). The van der Waals surface area contributed by atoms with Crippen LogP contribution in [0.5, 0.6) is 0 Å². The summed E-state index contributed by atoms with van der Waals surface area (Å²) in [6.07, 6.45) is 4.21. The highest BCUT2D eigenvalue weighted by Crippen LogP contribution is 2.22. The van der Waals surface area contributed by atoms with Gasteiger partial charge in [0.05, 0.1) is 18.4 Å². The number of carbonyl (C=O) groups excluding carboxylic acids is 1. The first-order chi connectivity index (χ1) is 10.2. The summed E-state index contributed by atoms with van der Waals surface area (Å²) in [6, 6.07) is 0.577. The SMILES string of the molecule is CCn1cc(N)c(C(=O)NCC2CN3CCCC3CO2)n1. The molecule has 0 saturated carbocycles. The van der Waals surface area contributed by atoms with E-state index in [1.807, 2.05) is 6.92 Å². The van der Waals surface area contributed by atoms with Gasteiger partial charge in [-0.1, -0.05) is 0 Å². The highest BCUT2D eigenvalue weighted by molar-refractivity contribution is 5.96. The lowest BCUT2D eigenvalue weighted by atomic mass is 10.2. The Morgan fingerprint density at radius 1 is 1.62 bits per heavy atom. The lowest BCUT2D eigenvalue weighted by Crippen LogP contribution is -2.50. The molecule has 0 spiro atoms. The van der Waals surface area contributed by atoms with Gasteiger partial charge in [0.15, 0.2) is 5.69 Å². The predicted octanol–water partition coefficient (Wildman–Crippen LogP) is 0.0782. The Morgan fingerprint density at radius 3 is 3.24 bits per heavy atom. The minimum Gasteiger partial charge on any atom is -0.396 e. The third-order valence-electron chi connectivity index (χ3n) is 4.28. The van der Waals surface area contributed by atoms with Crippen LogP contribution in [0.4, 0.5) is 5.69 Å². The number of morpholine rings is 1. The monoisotopic (exact) mass is 293 g/mol. The summed E-state index contributed by atoms with van der Waals surface area (Å²) in [6.45, 7) is 5.96. The van der Waals surface area contributed by atoms with Crippen molar-refractivity contribution in [2.24, 2.45) is 0 Å². The van der Waals surface area contributed by atoms with Crippen molar-refractivity contribution >= 4 is 11.6 Å². The summed E-state index contributed by atoms with van der Waals surface area (Å²) < 4.78 is 7.48. The fourth-order valence-corrected chi connectivity index (χ4v) is 3.07. The predicted molar refractivity (Wildman–Crippen MR) is 79.0 cm³/mol. The van der Waals surface area contributed by atoms with Crippen LogP contribution < -0.4 is 11.1 Å². The van der Waals surface area contributed by atoms with E-state index in [0.29, 0.717) is 30.5 Å². The Bertz CT molecular complexity index is 515. The molecule has 1 aromatic rings. The fraction of sp³-hybridized carbons (Fsp3) is 0.714. The van der Waals surface area contributed by atoms with Crippen molar-refractivity contribution in [2.45, 2.75) is 38.5 Å². The quantitative estimate of drug-likeness (QED) is 0.821. The summed E-state index contributed by atoms with van der Waals surface area (Å²) in [7, 11) is 0. The lowest BCUT2D eigenvalue weighted by Gasteiger charge is -2.35. The maximum atomic E-state index is 12.1. The topological polar surface area (TPSA) is 85.4 Å². The second-order valence-corrected chi connectivity index (χ2v) is 5.75. The number of nitrogens with two attached hydrogens (primary N) is 1. The number of nitrogens with zero attached hydrogens (tertiary/aromatic N) is 3. The number of aromatic nitrogens is 2. The molecule has 7 heteroatoms. The molecule has 2 atom stereocenters. The van der Waals surface area contributed by atoms with E-state index in [4.69, 9.17) is 10.5 Å². The van der Waals surface area contributed by atoms with Gasteiger partial charge in [0.25, 0.3) is 5.91 Å². The van der Waals surface area contributed by atoms with Crippen LogP contribution in [0.25, 0.3) is 0 Å². The third-order valence-corrected chi connectivity index (χ3v) is 4.28. The zero-order valence-electron chi connectivity index (χ0n) is 12.4. The molecule has 21 heavy (non-hydrogen) atoms. The first-order valence-corrected chi connectivity index (χ1v) is 7.64. The van der Waals surface area contributed by atoms with E-state index in [0.717, 1.165) is 19.7 Å². The Labute approximate surface area is 124 Å². The third kappa shape index (κ3) is 3.03. The second-order valence-electron chi connectivity index (χ2n) is 5.75. The van der Waals surface area contributed by atoms with Crippen LogP contribution in [0.1, 0.15) is 30.3 Å². The van der Waals surface area contributed by atoms with E-state index in [1.54, 1.807) is 10.9 Å². The number of nitrogens with one attached hydrogen (secondary N) is 1. The molecule has 2 aliphatic rings. The number of carbonyl (C=O) groups is 1. The van der Waals surface area contributed by atoms with E-state index in [-0.39, 0.29) is 12.0 Å². The molecule has 0 aliphatic carbocycles. The first-order valence-electron chi connectivity index (χ1n) is 7.64. The van der Waals surface area contributed by atoms with Crippen LogP contribution >= 0.6 is 0 Å². The van der Waals surface area contributed by atoms with Gasteiger partial charge >= 0.3 is 0 Å². The molecule has 2 saturated heterocycles. The highest BCUT2D eigenvalue weighted by Gasteiger charge is 2.32. The van der Waals surface area contributed by atoms with Gasteiger partial charge in [0, 0.05) is 31.9 Å². The molecule has 2 aliphatic heterocycles. The van der Waals surface area contributed by atoms with Crippen molar-refractivity contribution in [3.8, 4) is 0 Å². The Kier molecular flexibility index (Phi) is 4.12. The Hall–Kier alpha value is -1.60. The Morgan fingerprint density at radius 2 is 2.48 bits per heavy atom. The molecule has 2 fully saturated rings. The van der Waals surface area contributed by atoms with Crippen molar-refractivity contribution in [3.63, 3.8) is 0 Å². The molecule has 0 radical (unpaired) electrons. The number of nitrogen functional groups attached to an aromatic ring is 1. The maximum Gasteiger partial charge on any atom is 0.274 e. The molecule has 0 bridgehead atoms. The van der Waals surface area contributed by atoms with Gasteiger partial charge in [-0.3, -0.25) is 14.4 Å². The zero-order valence-corrected chi connectivity index (χ0v) is 12.4. The van der Waals surface area contributed by atoms with Gasteiger partial charge < -0.3 is 15.8 Å². The minimum atomic E-state index is -0.230. The fourth-order valence-electron chi connectivity index (χ4n) is 3.07. The zero-order chi connectivity index (χ0) is 14.8. The number of fused-ring (bicyclic) bond motifs is 1. The summed E-state index contributed by atoms with van der Waals surface area (Å²) in [4.78, 5) is 14.6. The lowest BCUT2D eigenvalue weighted by molar-refractivity contribution is -0.0462. The van der Waals surface area contributed by atoms with Crippen LogP contribution in [0.2, 0.25) is 0 Å². The van der Waals surface area contributed by atoms with Gasteiger partial charge in [0.2, 0.25) is 0 Å². The van der Waals surface area contributed by atoms with Crippen molar-refractivity contribution in [2.75, 3.05) is 32.0 Å². The molecule has 2 unspecified atom stereocenters. The van der Waals surface area contributed by atoms with E-state index in [9.17, 15) is 4.79 Å². The summed E-state index contributed by atoms with van der Waals surface area (Å²) in [5, 5.41) is 7.05. The van der Waals surface area contributed by atoms with Crippen molar-refractivity contribution in [3.05, 3.63) is 11.9 Å². The van der Waals surface area contributed by atoms with Gasteiger partial charge in [-0.15, -0.1) is 0 Å². The molecule has 1 amide bonds. The van der Waals surface area contributed by atoms with Crippen LogP contribution in [0, 0.1) is 0 Å². The molecular weight excluding hydrogens is 270 g/mol. The van der Waals surface area contributed by atoms with Gasteiger partial charge in [-0.25, -0.2) is 0 Å². The summed E-state index contributed by atoms with van der Waals surface area (Å²) in [5.41, 5.74) is 6.53. The van der Waals surface area contributed by atoms with Crippen LogP contribution in [-0.4, -0.2) is 59.0 Å². The van der Waals surface area contributed by atoms with E-state index < -0.39 is 0 Å². The van der Waals surface area contributed by atoms with Crippen LogP contribution in [0.15, 0.2) is 6.20 Å². The highest BCUT2D eigenvalue weighted by atomic mass is 16.5. The number of rotatable bonds is 4. The first kappa shape index (κ1) is 14.3. The number of amides is 1. The van der Waals surface area contributed by atoms with Crippen molar-refractivity contribution in [1.82, 2.24) is 20.0 Å². The van der Waals surface area contributed by atoms with E-state index in [2.05, 4.69) is 15.3 Å². The number of hydrogen-bond acceptors (Lipinski definition) is 5. The van der Waals surface area contributed by atoms with Crippen LogP contribution in [-0.2, 0) is 11.3 Å². The van der Waals surface area contributed by atoms with Crippen LogP contribution in [0.3, 0.4) is 0 Å². The summed E-state index contributed by atoms with van der Waals surface area (Å²) >= 11 is 0. The van der Waals surface area contributed by atoms with Gasteiger partial charge in [-0.2, -0.15) is 5.10 Å². The van der Waals surface area contributed by atoms with Gasteiger partial charge in [0.1, 0.15) is 0 Å². The van der Waals surface area contributed by atoms with Crippen molar-refractivity contribution in [1.29, 1.82) is 0 Å². The number of anilines is 1. The van der Waals surface area contributed by atoms with Gasteiger partial charge in [-0.05, 0) is 26.3 Å². The maximum absolute atomic E-state index is 12.1. The smallest absolute Gasteiger partial charge is 0.274 e.